The lowest BCUT2D eigenvalue weighted by atomic mass is 10.1. The molecule has 3 N–H and O–H groups in total. The number of aromatic nitrogens is 2. The van der Waals surface area contributed by atoms with E-state index < -0.39 is 0 Å². The van der Waals surface area contributed by atoms with Crippen LogP contribution in [-0.4, -0.2) is 17.1 Å². The molecule has 0 unspecified atom stereocenters. The van der Waals surface area contributed by atoms with Gasteiger partial charge in [-0.25, -0.2) is 15.8 Å². The molecule has 0 spiro atoms. The number of methoxy groups -OCH3 is 1. The molecular formula is C12H14N4O. The molecule has 1 heterocycles. The fraction of sp³-hybridized carbons (Fsp3) is 0.167. The Bertz CT molecular complexity index is 528. The van der Waals surface area contributed by atoms with Gasteiger partial charge in [0.1, 0.15) is 11.6 Å². The van der Waals surface area contributed by atoms with Gasteiger partial charge in [-0.1, -0.05) is 11.6 Å². The summed E-state index contributed by atoms with van der Waals surface area (Å²) in [6.45, 7) is 2.01. The second-order valence-electron chi connectivity index (χ2n) is 3.61. The Hall–Kier alpha value is -2.14. The smallest absolute Gasteiger partial charge is 0.165 e. The molecule has 0 aliphatic carbocycles. The minimum atomic E-state index is 0.568. The zero-order valence-corrected chi connectivity index (χ0v) is 9.77. The summed E-state index contributed by atoms with van der Waals surface area (Å²) in [7, 11) is 1.62. The molecule has 0 atom stereocenters. The molecule has 0 amide bonds. The van der Waals surface area contributed by atoms with Gasteiger partial charge in [0.15, 0.2) is 5.82 Å². The fourth-order valence-corrected chi connectivity index (χ4v) is 1.57. The molecule has 0 fully saturated rings. The zero-order chi connectivity index (χ0) is 12.3. The van der Waals surface area contributed by atoms with Gasteiger partial charge in [0.2, 0.25) is 0 Å². The topological polar surface area (TPSA) is 73.1 Å². The predicted octanol–water partition coefficient (Wildman–Crippen LogP) is 1.75. The Morgan fingerprint density at radius 1 is 1.29 bits per heavy atom. The highest BCUT2D eigenvalue weighted by Gasteiger charge is 2.09. The molecule has 0 aliphatic heterocycles. The van der Waals surface area contributed by atoms with Crippen LogP contribution in [0.2, 0.25) is 0 Å². The summed E-state index contributed by atoms with van der Waals surface area (Å²) in [4.78, 5) is 8.50. The van der Waals surface area contributed by atoms with Crippen LogP contribution in [-0.2, 0) is 0 Å². The van der Waals surface area contributed by atoms with Crippen molar-refractivity contribution in [1.29, 1.82) is 0 Å². The van der Waals surface area contributed by atoms with Crippen LogP contribution in [0, 0.1) is 6.92 Å². The van der Waals surface area contributed by atoms with Crippen LogP contribution in [0.1, 0.15) is 5.56 Å². The van der Waals surface area contributed by atoms with E-state index in [-0.39, 0.29) is 0 Å². The van der Waals surface area contributed by atoms with E-state index in [9.17, 15) is 0 Å². The molecule has 0 saturated carbocycles. The number of nitrogens with one attached hydrogen (secondary N) is 1. The van der Waals surface area contributed by atoms with Crippen molar-refractivity contribution in [3.05, 3.63) is 36.0 Å². The zero-order valence-electron chi connectivity index (χ0n) is 9.77. The highest BCUT2D eigenvalue weighted by Crippen LogP contribution is 2.28. The number of nitrogens with two attached hydrogens (primary N) is 1. The number of hydrazine groups is 1. The van der Waals surface area contributed by atoms with Gasteiger partial charge >= 0.3 is 0 Å². The molecule has 17 heavy (non-hydrogen) atoms. The summed E-state index contributed by atoms with van der Waals surface area (Å²) in [5, 5.41) is 0. The first kappa shape index (κ1) is 11.3. The lowest BCUT2D eigenvalue weighted by molar-refractivity contribution is 0.416. The fourth-order valence-electron chi connectivity index (χ4n) is 1.57. The molecule has 1 aromatic heterocycles. The maximum Gasteiger partial charge on any atom is 0.165 e. The van der Waals surface area contributed by atoms with Crippen LogP contribution in [0.25, 0.3) is 11.4 Å². The Morgan fingerprint density at radius 3 is 2.82 bits per heavy atom. The number of hydrogen-bond donors (Lipinski definition) is 2. The van der Waals surface area contributed by atoms with E-state index in [2.05, 4.69) is 15.4 Å². The summed E-state index contributed by atoms with van der Waals surface area (Å²) in [5.74, 6) is 7.22. The summed E-state index contributed by atoms with van der Waals surface area (Å²) >= 11 is 0. The summed E-state index contributed by atoms with van der Waals surface area (Å²) in [6.07, 6.45) is 1.65. The normalized spacial score (nSPS) is 10.1. The number of hydrogen-bond acceptors (Lipinski definition) is 5. The third kappa shape index (κ3) is 2.34. The Balaban J connectivity index is 2.54. The van der Waals surface area contributed by atoms with E-state index in [4.69, 9.17) is 10.6 Å². The maximum atomic E-state index is 5.33. The van der Waals surface area contributed by atoms with E-state index in [0.717, 1.165) is 16.9 Å². The predicted molar refractivity (Wildman–Crippen MR) is 66.6 cm³/mol. The first-order valence-corrected chi connectivity index (χ1v) is 5.19. The first-order valence-electron chi connectivity index (χ1n) is 5.19. The number of rotatable bonds is 3. The van der Waals surface area contributed by atoms with Crippen LogP contribution >= 0.6 is 0 Å². The lowest BCUT2D eigenvalue weighted by Crippen LogP contribution is -2.09. The van der Waals surface area contributed by atoms with Crippen molar-refractivity contribution >= 4 is 5.82 Å². The van der Waals surface area contributed by atoms with Crippen molar-refractivity contribution in [2.45, 2.75) is 6.92 Å². The van der Waals surface area contributed by atoms with Gasteiger partial charge < -0.3 is 10.2 Å². The van der Waals surface area contributed by atoms with Crippen LogP contribution in [0.4, 0.5) is 5.82 Å². The Morgan fingerprint density at radius 2 is 2.12 bits per heavy atom. The number of aryl methyl sites for hydroxylation is 1. The summed E-state index contributed by atoms with van der Waals surface area (Å²) < 4.78 is 5.30. The second-order valence-corrected chi connectivity index (χ2v) is 3.61. The minimum absolute atomic E-state index is 0.568. The molecule has 88 valence electrons. The summed E-state index contributed by atoms with van der Waals surface area (Å²) in [5.41, 5.74) is 4.47. The van der Waals surface area contributed by atoms with Crippen LogP contribution < -0.4 is 16.0 Å². The van der Waals surface area contributed by atoms with Gasteiger partial charge in [-0.2, -0.15) is 0 Å². The van der Waals surface area contributed by atoms with Gasteiger partial charge in [0.05, 0.1) is 12.7 Å². The molecule has 0 saturated heterocycles. The van der Waals surface area contributed by atoms with Gasteiger partial charge in [0, 0.05) is 12.3 Å². The Labute approximate surface area is 99.6 Å². The van der Waals surface area contributed by atoms with Crippen LogP contribution in [0.5, 0.6) is 5.75 Å². The number of nitrogen functional groups attached to an aromatic ring is 1. The van der Waals surface area contributed by atoms with Crippen LogP contribution in [0.3, 0.4) is 0 Å². The average molecular weight is 230 g/mol. The van der Waals surface area contributed by atoms with E-state index >= 15 is 0 Å². The van der Waals surface area contributed by atoms with E-state index in [0.29, 0.717) is 11.6 Å². The van der Waals surface area contributed by atoms with Gasteiger partial charge in [-0.05, 0) is 19.1 Å². The quantitative estimate of drug-likeness (QED) is 0.620. The van der Waals surface area contributed by atoms with Crippen molar-refractivity contribution in [2.75, 3.05) is 12.5 Å². The monoisotopic (exact) mass is 230 g/mol. The molecule has 0 bridgehead atoms. The summed E-state index contributed by atoms with van der Waals surface area (Å²) in [6, 6.07) is 7.56. The molecule has 0 radical (unpaired) electrons. The number of anilines is 1. The highest BCUT2D eigenvalue weighted by molar-refractivity contribution is 5.66. The molecule has 2 aromatic rings. The molecule has 2 rings (SSSR count). The van der Waals surface area contributed by atoms with Crippen molar-refractivity contribution < 1.29 is 4.74 Å². The molecule has 1 aromatic carbocycles. The van der Waals surface area contributed by atoms with Gasteiger partial charge in [-0.3, -0.25) is 0 Å². The second kappa shape index (κ2) is 4.80. The van der Waals surface area contributed by atoms with E-state index in [1.165, 1.54) is 0 Å². The van der Waals surface area contributed by atoms with Crippen molar-refractivity contribution in [3.8, 4) is 17.1 Å². The average Bonchev–Trinajstić information content (AvgIpc) is 2.39. The largest absolute Gasteiger partial charge is 0.496 e. The molecule has 5 nitrogen and oxygen atoms in total. The molecular weight excluding hydrogens is 216 g/mol. The van der Waals surface area contributed by atoms with Gasteiger partial charge in [-0.15, -0.1) is 0 Å². The number of nitrogens with zero attached hydrogens (tertiary/aromatic N) is 2. The third-order valence-electron chi connectivity index (χ3n) is 2.40. The first-order chi connectivity index (χ1) is 8.24. The maximum absolute atomic E-state index is 5.33. The van der Waals surface area contributed by atoms with Crippen molar-refractivity contribution in [2.24, 2.45) is 5.84 Å². The number of ether oxygens (including phenoxy) is 1. The third-order valence-corrected chi connectivity index (χ3v) is 2.40. The van der Waals surface area contributed by atoms with E-state index in [1.807, 2.05) is 25.1 Å². The van der Waals surface area contributed by atoms with Crippen molar-refractivity contribution in [1.82, 2.24) is 9.97 Å². The van der Waals surface area contributed by atoms with Crippen molar-refractivity contribution in [3.63, 3.8) is 0 Å². The Kier molecular flexibility index (Phi) is 3.20. The van der Waals surface area contributed by atoms with Gasteiger partial charge in [0.25, 0.3) is 0 Å². The van der Waals surface area contributed by atoms with Crippen LogP contribution in [0.15, 0.2) is 30.5 Å². The standard InChI is InChI=1S/C12H14N4O/c1-8-3-4-10(17-2)9(7-8)12-14-6-5-11(15-12)16-13/h3-7H,13H2,1-2H3,(H,14,15,16). The molecule has 5 heteroatoms. The van der Waals surface area contributed by atoms with E-state index in [1.54, 1.807) is 19.4 Å². The number of benzene rings is 1. The lowest BCUT2D eigenvalue weighted by Gasteiger charge is -2.09. The molecule has 0 aliphatic rings. The highest BCUT2D eigenvalue weighted by atomic mass is 16.5. The SMILES string of the molecule is COc1ccc(C)cc1-c1nccc(NN)n1. The minimum Gasteiger partial charge on any atom is -0.496 e.